The van der Waals surface area contributed by atoms with E-state index in [-0.39, 0.29) is 11.5 Å². The fourth-order valence-corrected chi connectivity index (χ4v) is 5.13. The summed E-state index contributed by atoms with van der Waals surface area (Å²) in [5, 5.41) is 13.2. The van der Waals surface area contributed by atoms with Gasteiger partial charge in [-0.05, 0) is 42.4 Å². The van der Waals surface area contributed by atoms with E-state index in [0.717, 1.165) is 47.3 Å². The molecule has 2 aromatic carbocycles. The number of nitrogens with one attached hydrogen (secondary N) is 1. The molecule has 0 saturated heterocycles. The van der Waals surface area contributed by atoms with Gasteiger partial charge in [-0.25, -0.2) is 4.79 Å². The molecule has 0 aliphatic heterocycles. The van der Waals surface area contributed by atoms with Crippen LogP contribution in [0.15, 0.2) is 60.7 Å². The van der Waals surface area contributed by atoms with Crippen LogP contribution in [-0.2, 0) is 17.6 Å². The summed E-state index contributed by atoms with van der Waals surface area (Å²) < 4.78 is 0. The number of benzene rings is 2. The number of carboxylic acid groups (broad SMARTS) is 1. The lowest BCUT2D eigenvalue weighted by molar-refractivity contribution is -0.116. The summed E-state index contributed by atoms with van der Waals surface area (Å²) in [6, 6.07) is 19.2. The molecule has 28 heavy (non-hydrogen) atoms. The largest absolute Gasteiger partial charge is 0.478 e. The molecule has 0 bridgehead atoms. The Kier molecular flexibility index (Phi) is 5.26. The molecule has 1 aromatic heterocycles. The highest BCUT2D eigenvalue weighted by atomic mass is 32.1. The van der Waals surface area contributed by atoms with Crippen LogP contribution in [0.5, 0.6) is 0 Å². The quantitative estimate of drug-likeness (QED) is 0.636. The summed E-state index contributed by atoms with van der Waals surface area (Å²) in [5.41, 5.74) is 2.93. The fourth-order valence-electron chi connectivity index (χ4n) is 3.85. The Hall–Kier alpha value is -2.92. The van der Waals surface area contributed by atoms with E-state index in [0.29, 0.717) is 5.00 Å². The Bertz CT molecular complexity index is 956. The third-order valence-corrected chi connectivity index (χ3v) is 6.36. The molecular formula is C23H21NO3S. The fraction of sp³-hybridized carbons (Fsp3) is 0.217. The molecule has 1 aliphatic rings. The zero-order chi connectivity index (χ0) is 19.5. The predicted molar refractivity (Wildman–Crippen MR) is 111 cm³/mol. The van der Waals surface area contributed by atoms with Gasteiger partial charge in [-0.15, -0.1) is 11.3 Å². The van der Waals surface area contributed by atoms with Gasteiger partial charge in [0, 0.05) is 4.88 Å². The Morgan fingerprint density at radius 2 is 1.46 bits per heavy atom. The first-order valence-electron chi connectivity index (χ1n) is 9.43. The lowest BCUT2D eigenvalue weighted by Crippen LogP contribution is -2.22. The molecule has 1 amide bonds. The summed E-state index contributed by atoms with van der Waals surface area (Å²) in [5.74, 6) is -1.67. The van der Waals surface area contributed by atoms with E-state index in [9.17, 15) is 14.7 Å². The van der Waals surface area contributed by atoms with E-state index in [4.69, 9.17) is 0 Å². The van der Waals surface area contributed by atoms with Gasteiger partial charge < -0.3 is 10.4 Å². The molecule has 0 radical (unpaired) electrons. The molecule has 142 valence electrons. The van der Waals surface area contributed by atoms with Crippen LogP contribution in [0, 0.1) is 0 Å². The third-order valence-electron chi connectivity index (χ3n) is 5.15. The molecule has 0 fully saturated rings. The smallest absolute Gasteiger partial charge is 0.339 e. The standard InChI is InChI=1S/C23H21NO3S/c25-21(19(15-9-3-1-4-10-15)16-11-5-2-6-12-16)24-22-20(23(26)27)17-13-7-8-14-18(17)28-22/h1-6,9-12,19H,7-8,13-14H2,(H,24,25)(H,26,27). The Labute approximate surface area is 167 Å². The van der Waals surface area contributed by atoms with Crippen molar-refractivity contribution in [1.29, 1.82) is 0 Å². The van der Waals surface area contributed by atoms with E-state index in [2.05, 4.69) is 5.32 Å². The van der Waals surface area contributed by atoms with Gasteiger partial charge in [0.05, 0.1) is 11.5 Å². The zero-order valence-electron chi connectivity index (χ0n) is 15.4. The number of rotatable bonds is 5. The monoisotopic (exact) mass is 391 g/mol. The minimum atomic E-state index is -0.967. The van der Waals surface area contributed by atoms with Gasteiger partial charge >= 0.3 is 5.97 Å². The van der Waals surface area contributed by atoms with Crippen LogP contribution >= 0.6 is 11.3 Å². The number of hydrogen-bond acceptors (Lipinski definition) is 3. The van der Waals surface area contributed by atoms with E-state index in [1.165, 1.54) is 11.3 Å². The van der Waals surface area contributed by atoms with Crippen molar-refractivity contribution in [3.05, 3.63) is 87.8 Å². The summed E-state index contributed by atoms with van der Waals surface area (Å²) in [4.78, 5) is 26.3. The first-order chi connectivity index (χ1) is 13.6. The molecule has 0 spiro atoms. The van der Waals surface area contributed by atoms with Crippen molar-refractivity contribution in [2.24, 2.45) is 0 Å². The summed E-state index contributed by atoms with van der Waals surface area (Å²) in [6.45, 7) is 0. The van der Waals surface area contributed by atoms with Gasteiger partial charge in [0.1, 0.15) is 5.00 Å². The predicted octanol–water partition coefficient (Wildman–Crippen LogP) is 5.10. The van der Waals surface area contributed by atoms with E-state index < -0.39 is 11.9 Å². The number of hydrogen-bond donors (Lipinski definition) is 2. The lowest BCUT2D eigenvalue weighted by atomic mass is 9.90. The van der Waals surface area contributed by atoms with Gasteiger partial charge in [0.15, 0.2) is 0 Å². The molecule has 2 N–H and O–H groups in total. The minimum absolute atomic E-state index is 0.210. The van der Waals surface area contributed by atoms with Gasteiger partial charge in [0.25, 0.3) is 0 Å². The van der Waals surface area contributed by atoms with E-state index in [1.807, 2.05) is 60.7 Å². The van der Waals surface area contributed by atoms with Crippen molar-refractivity contribution < 1.29 is 14.7 Å². The highest BCUT2D eigenvalue weighted by molar-refractivity contribution is 7.17. The van der Waals surface area contributed by atoms with Crippen LogP contribution in [-0.4, -0.2) is 17.0 Å². The Morgan fingerprint density at radius 1 is 0.893 bits per heavy atom. The van der Waals surface area contributed by atoms with Crippen LogP contribution in [0.1, 0.15) is 50.7 Å². The number of aryl methyl sites for hydroxylation is 1. The topological polar surface area (TPSA) is 66.4 Å². The summed E-state index contributed by atoms with van der Waals surface area (Å²) in [6.07, 6.45) is 3.71. The SMILES string of the molecule is O=C(O)c1c(NC(=O)C(c2ccccc2)c2ccccc2)sc2c1CCCC2. The molecule has 1 heterocycles. The van der Waals surface area contributed by atoms with Gasteiger partial charge in [-0.3, -0.25) is 4.79 Å². The molecule has 4 nitrogen and oxygen atoms in total. The molecule has 0 atom stereocenters. The second-order valence-corrected chi connectivity index (χ2v) is 8.07. The van der Waals surface area contributed by atoms with Crippen molar-refractivity contribution in [2.75, 3.05) is 5.32 Å². The molecule has 5 heteroatoms. The second-order valence-electron chi connectivity index (χ2n) is 6.96. The maximum Gasteiger partial charge on any atom is 0.339 e. The van der Waals surface area contributed by atoms with Crippen LogP contribution in [0.25, 0.3) is 0 Å². The highest BCUT2D eigenvalue weighted by Gasteiger charge is 2.29. The maximum atomic E-state index is 13.3. The van der Waals surface area contributed by atoms with Crippen LogP contribution in [0.3, 0.4) is 0 Å². The molecule has 3 aromatic rings. The van der Waals surface area contributed by atoms with E-state index in [1.54, 1.807) is 0 Å². The van der Waals surface area contributed by atoms with Crippen LogP contribution in [0.4, 0.5) is 5.00 Å². The molecule has 4 rings (SSSR count). The third kappa shape index (κ3) is 3.58. The molecule has 0 unspecified atom stereocenters. The van der Waals surface area contributed by atoms with Gasteiger partial charge in [-0.1, -0.05) is 60.7 Å². The molecule has 0 saturated carbocycles. The van der Waals surface area contributed by atoms with Crippen molar-refractivity contribution >= 4 is 28.2 Å². The number of carbonyl (C=O) groups excluding carboxylic acids is 1. The van der Waals surface area contributed by atoms with E-state index >= 15 is 0 Å². The number of anilines is 1. The number of fused-ring (bicyclic) bond motifs is 1. The average molecular weight is 391 g/mol. The van der Waals surface area contributed by atoms with Crippen LogP contribution < -0.4 is 5.32 Å². The lowest BCUT2D eigenvalue weighted by Gasteiger charge is -2.17. The first kappa shape index (κ1) is 18.4. The molecule has 1 aliphatic carbocycles. The highest BCUT2D eigenvalue weighted by Crippen LogP contribution is 2.39. The average Bonchev–Trinajstić information content (AvgIpc) is 3.07. The number of carboxylic acids is 1. The number of amides is 1. The normalized spacial score (nSPS) is 13.2. The minimum Gasteiger partial charge on any atom is -0.478 e. The maximum absolute atomic E-state index is 13.3. The van der Waals surface area contributed by atoms with Gasteiger partial charge in [-0.2, -0.15) is 0 Å². The van der Waals surface area contributed by atoms with Crippen molar-refractivity contribution in [3.63, 3.8) is 0 Å². The first-order valence-corrected chi connectivity index (χ1v) is 10.3. The van der Waals surface area contributed by atoms with Crippen LogP contribution in [0.2, 0.25) is 0 Å². The Balaban J connectivity index is 1.71. The number of thiophene rings is 1. The second kappa shape index (κ2) is 7.98. The summed E-state index contributed by atoms with van der Waals surface area (Å²) in [7, 11) is 0. The summed E-state index contributed by atoms with van der Waals surface area (Å²) >= 11 is 1.41. The van der Waals surface area contributed by atoms with Crippen molar-refractivity contribution in [3.8, 4) is 0 Å². The van der Waals surface area contributed by atoms with Gasteiger partial charge in [0.2, 0.25) is 5.91 Å². The van der Waals surface area contributed by atoms with Crippen molar-refractivity contribution in [1.82, 2.24) is 0 Å². The molecular weight excluding hydrogens is 370 g/mol. The van der Waals surface area contributed by atoms with Crippen molar-refractivity contribution in [2.45, 2.75) is 31.6 Å². The zero-order valence-corrected chi connectivity index (χ0v) is 16.2. The Morgan fingerprint density at radius 3 is 2.04 bits per heavy atom. The number of aromatic carboxylic acids is 1. The number of carbonyl (C=O) groups is 2.